The van der Waals surface area contributed by atoms with E-state index < -0.39 is 6.04 Å². The molecule has 156 valence electrons. The maximum absolute atomic E-state index is 13.0. The smallest absolute Gasteiger partial charge is 0.255 e. The number of ketones is 1. The molecule has 1 atom stereocenters. The van der Waals surface area contributed by atoms with Crippen LogP contribution in [0.15, 0.2) is 85.0 Å². The molecule has 0 aliphatic carbocycles. The number of Topliss-reactive ketones (excluding diaryl/α,β-unsaturated/α-hetero) is 1. The number of allylic oxidation sites excluding steroid dienone is 5. The maximum Gasteiger partial charge on any atom is 0.255 e. The van der Waals surface area contributed by atoms with Crippen LogP contribution in [-0.4, -0.2) is 16.6 Å². The second kappa shape index (κ2) is 11.1. The van der Waals surface area contributed by atoms with Gasteiger partial charge in [0.2, 0.25) is 0 Å². The Balaban J connectivity index is 0.000000303. The van der Waals surface area contributed by atoms with Crippen molar-refractivity contribution >= 4 is 11.7 Å². The SMILES string of the molecule is C=C/C(=C\C=C/C)CC.CC(=O)C1c2ccccc2C(=O)N1Cc1ccc(F)cc1. The van der Waals surface area contributed by atoms with Crippen LogP contribution in [0.4, 0.5) is 4.39 Å². The number of rotatable bonds is 6. The molecule has 3 rings (SSSR count). The molecule has 0 saturated carbocycles. The summed E-state index contributed by atoms with van der Waals surface area (Å²) in [7, 11) is 0. The lowest BCUT2D eigenvalue weighted by molar-refractivity contribution is -0.121. The molecule has 1 aliphatic heterocycles. The van der Waals surface area contributed by atoms with Crippen molar-refractivity contribution in [3.63, 3.8) is 0 Å². The minimum atomic E-state index is -0.557. The van der Waals surface area contributed by atoms with E-state index >= 15 is 0 Å². The fraction of sp³-hybridized carbons (Fsp3) is 0.231. The van der Waals surface area contributed by atoms with Crippen LogP contribution < -0.4 is 0 Å². The van der Waals surface area contributed by atoms with Gasteiger partial charge in [0.05, 0.1) is 0 Å². The van der Waals surface area contributed by atoms with Crippen LogP contribution in [0, 0.1) is 5.82 Å². The summed E-state index contributed by atoms with van der Waals surface area (Å²) < 4.78 is 13.0. The number of fused-ring (bicyclic) bond motifs is 1. The zero-order valence-corrected chi connectivity index (χ0v) is 17.8. The molecular weight excluding hydrogens is 377 g/mol. The monoisotopic (exact) mass is 405 g/mol. The average molecular weight is 406 g/mol. The van der Waals surface area contributed by atoms with E-state index in [-0.39, 0.29) is 24.1 Å². The Morgan fingerprint density at radius 1 is 1.17 bits per heavy atom. The van der Waals surface area contributed by atoms with Gasteiger partial charge in [-0.2, -0.15) is 0 Å². The van der Waals surface area contributed by atoms with Crippen LogP contribution in [0.2, 0.25) is 0 Å². The van der Waals surface area contributed by atoms with Crippen LogP contribution in [0.3, 0.4) is 0 Å². The molecule has 0 N–H and O–H groups in total. The molecule has 0 fully saturated rings. The number of carbonyl (C=O) groups excluding carboxylic acids is 2. The van der Waals surface area contributed by atoms with Crippen molar-refractivity contribution < 1.29 is 14.0 Å². The quantitative estimate of drug-likeness (QED) is 0.537. The van der Waals surface area contributed by atoms with Gasteiger partial charge >= 0.3 is 0 Å². The van der Waals surface area contributed by atoms with E-state index in [1.807, 2.05) is 37.3 Å². The third-order valence-electron chi connectivity index (χ3n) is 4.88. The number of nitrogens with zero attached hydrogens (tertiary/aromatic N) is 1. The summed E-state index contributed by atoms with van der Waals surface area (Å²) in [6.07, 6.45) is 9.07. The van der Waals surface area contributed by atoms with Gasteiger partial charge < -0.3 is 4.90 Å². The van der Waals surface area contributed by atoms with E-state index in [9.17, 15) is 14.0 Å². The standard InChI is InChI=1S/C17H14FNO2.C9H14/c1-11(20)16-14-4-2-3-5-15(14)17(21)19(16)10-12-6-8-13(18)9-7-12;1-4-7-8-9(5-2)6-3/h2-9,16H,10H2,1H3;4-5,7-8H,2,6H2,1,3H3/b;7-4-,9-8+. The zero-order valence-electron chi connectivity index (χ0n) is 17.8. The van der Waals surface area contributed by atoms with Gasteiger partial charge in [0, 0.05) is 12.1 Å². The fourth-order valence-corrected chi connectivity index (χ4v) is 3.31. The summed E-state index contributed by atoms with van der Waals surface area (Å²) in [5.41, 5.74) is 3.40. The summed E-state index contributed by atoms with van der Waals surface area (Å²) in [6, 6.07) is 12.6. The van der Waals surface area contributed by atoms with E-state index in [0.29, 0.717) is 5.56 Å². The van der Waals surface area contributed by atoms with Crippen LogP contribution in [-0.2, 0) is 11.3 Å². The molecule has 3 nitrogen and oxygen atoms in total. The highest BCUT2D eigenvalue weighted by Crippen LogP contribution is 2.35. The molecule has 2 aromatic carbocycles. The molecule has 1 heterocycles. The minimum absolute atomic E-state index is 0.0737. The average Bonchev–Trinajstić information content (AvgIpc) is 3.03. The Labute approximate surface area is 178 Å². The largest absolute Gasteiger partial charge is 0.320 e. The summed E-state index contributed by atoms with van der Waals surface area (Å²) in [6.45, 7) is 9.58. The van der Waals surface area contributed by atoms with Crippen molar-refractivity contribution in [3.05, 3.63) is 107 Å². The highest BCUT2D eigenvalue weighted by molar-refractivity contribution is 6.04. The van der Waals surface area contributed by atoms with Crippen molar-refractivity contribution in [2.45, 2.75) is 39.8 Å². The predicted octanol–water partition coefficient (Wildman–Crippen LogP) is 6.20. The Hall–Kier alpha value is -3.27. The summed E-state index contributed by atoms with van der Waals surface area (Å²) in [5, 5.41) is 0. The summed E-state index contributed by atoms with van der Waals surface area (Å²) in [4.78, 5) is 26.0. The molecule has 0 saturated heterocycles. The van der Waals surface area contributed by atoms with Crippen LogP contribution >= 0.6 is 0 Å². The first-order valence-electron chi connectivity index (χ1n) is 10.0. The highest BCUT2D eigenvalue weighted by Gasteiger charge is 2.38. The number of halogens is 1. The van der Waals surface area contributed by atoms with E-state index in [4.69, 9.17) is 0 Å². The second-order valence-corrected chi connectivity index (χ2v) is 6.99. The number of benzene rings is 2. The summed E-state index contributed by atoms with van der Waals surface area (Å²) >= 11 is 0. The molecule has 0 bridgehead atoms. The second-order valence-electron chi connectivity index (χ2n) is 6.99. The number of carbonyl (C=O) groups is 2. The normalized spacial score (nSPS) is 15.6. The van der Waals surface area contributed by atoms with Crippen molar-refractivity contribution in [3.8, 4) is 0 Å². The molecule has 30 heavy (non-hydrogen) atoms. The van der Waals surface area contributed by atoms with Gasteiger partial charge in [-0.15, -0.1) is 0 Å². The molecule has 0 radical (unpaired) electrons. The first-order chi connectivity index (χ1) is 14.4. The van der Waals surface area contributed by atoms with Crippen molar-refractivity contribution in [1.29, 1.82) is 0 Å². The molecule has 1 unspecified atom stereocenters. The van der Waals surface area contributed by atoms with Crippen LogP contribution in [0.5, 0.6) is 0 Å². The van der Waals surface area contributed by atoms with E-state index in [1.165, 1.54) is 24.6 Å². The van der Waals surface area contributed by atoms with E-state index in [1.54, 1.807) is 29.2 Å². The van der Waals surface area contributed by atoms with E-state index in [2.05, 4.69) is 19.6 Å². The Morgan fingerprint density at radius 2 is 1.83 bits per heavy atom. The van der Waals surface area contributed by atoms with Gasteiger partial charge in [0.25, 0.3) is 5.91 Å². The van der Waals surface area contributed by atoms with Gasteiger partial charge in [-0.3, -0.25) is 9.59 Å². The lowest BCUT2D eigenvalue weighted by Crippen LogP contribution is -2.31. The van der Waals surface area contributed by atoms with Gasteiger partial charge in [-0.05, 0) is 55.2 Å². The van der Waals surface area contributed by atoms with Crippen LogP contribution in [0.1, 0.15) is 54.7 Å². The van der Waals surface area contributed by atoms with Gasteiger partial charge in [-0.1, -0.05) is 68.1 Å². The summed E-state index contributed by atoms with van der Waals surface area (Å²) in [5.74, 6) is -0.552. The lowest BCUT2D eigenvalue weighted by Gasteiger charge is -2.23. The third kappa shape index (κ3) is 5.63. The zero-order chi connectivity index (χ0) is 22.1. The minimum Gasteiger partial charge on any atom is -0.320 e. The molecule has 4 heteroatoms. The molecular formula is C26H28FNO2. The lowest BCUT2D eigenvalue weighted by atomic mass is 10.0. The van der Waals surface area contributed by atoms with Gasteiger partial charge in [0.15, 0.2) is 5.78 Å². The van der Waals surface area contributed by atoms with E-state index in [0.717, 1.165) is 17.5 Å². The molecule has 0 spiro atoms. The number of amides is 1. The van der Waals surface area contributed by atoms with Crippen molar-refractivity contribution in [2.24, 2.45) is 0 Å². The van der Waals surface area contributed by atoms with Gasteiger partial charge in [0.1, 0.15) is 11.9 Å². The maximum atomic E-state index is 13.0. The topological polar surface area (TPSA) is 37.4 Å². The number of hydrogen-bond acceptors (Lipinski definition) is 2. The molecule has 0 aromatic heterocycles. The van der Waals surface area contributed by atoms with Crippen molar-refractivity contribution in [1.82, 2.24) is 4.90 Å². The molecule has 2 aromatic rings. The Morgan fingerprint density at radius 3 is 2.40 bits per heavy atom. The van der Waals surface area contributed by atoms with Gasteiger partial charge in [-0.25, -0.2) is 4.39 Å². The Kier molecular flexibility index (Phi) is 8.48. The van der Waals surface area contributed by atoms with Crippen LogP contribution in [0.25, 0.3) is 0 Å². The van der Waals surface area contributed by atoms with Crippen molar-refractivity contribution in [2.75, 3.05) is 0 Å². The first kappa shape index (κ1) is 23.0. The highest BCUT2D eigenvalue weighted by atomic mass is 19.1. The Bertz CT molecular complexity index is 957. The first-order valence-corrected chi connectivity index (χ1v) is 10.0. The molecule has 1 amide bonds. The molecule has 1 aliphatic rings. The number of hydrogen-bond donors (Lipinski definition) is 0. The fourth-order valence-electron chi connectivity index (χ4n) is 3.31. The third-order valence-corrected chi connectivity index (χ3v) is 4.88. The predicted molar refractivity (Wildman–Crippen MR) is 120 cm³/mol.